The minimum atomic E-state index is -0.787. The summed E-state index contributed by atoms with van der Waals surface area (Å²) in [4.78, 5) is 38.1. The van der Waals surface area contributed by atoms with E-state index in [1.165, 1.54) is 161 Å². The molecule has 6 nitrogen and oxygen atoms in total. The third-order valence-electron chi connectivity index (χ3n) is 12.6. The number of carbonyl (C=O) groups is 3. The van der Waals surface area contributed by atoms with Crippen molar-refractivity contribution in [3.8, 4) is 0 Å². The number of unbranched alkanes of at least 4 members (excludes halogenated alkanes) is 33. The Bertz CT molecular complexity index is 1150. The zero-order valence-electron chi connectivity index (χ0n) is 44.0. The molecule has 0 aliphatic carbocycles. The Hall–Kier alpha value is -2.63. The first-order chi connectivity index (χ1) is 32.5. The summed E-state index contributed by atoms with van der Waals surface area (Å²) in [7, 11) is 0. The second-order valence-corrected chi connectivity index (χ2v) is 19.2. The Labute approximate surface area is 409 Å². The van der Waals surface area contributed by atoms with Crippen LogP contribution in [0.2, 0.25) is 0 Å². The Kier molecular flexibility index (Phi) is 52.8. The molecule has 0 N–H and O–H groups in total. The van der Waals surface area contributed by atoms with Crippen molar-refractivity contribution in [2.75, 3.05) is 13.2 Å². The van der Waals surface area contributed by atoms with Crippen LogP contribution in [0.1, 0.15) is 297 Å². The van der Waals surface area contributed by atoms with E-state index in [2.05, 4.69) is 69.4 Å². The molecule has 0 rings (SSSR count). The van der Waals surface area contributed by atoms with Gasteiger partial charge in [0.25, 0.3) is 0 Å². The minimum absolute atomic E-state index is 0.0830. The molecule has 0 saturated heterocycles. The van der Waals surface area contributed by atoms with E-state index in [1.807, 2.05) is 0 Å². The van der Waals surface area contributed by atoms with Crippen molar-refractivity contribution >= 4 is 17.9 Å². The second-order valence-electron chi connectivity index (χ2n) is 19.2. The molecular weight excluding hydrogens is 817 g/mol. The molecule has 1 unspecified atom stereocenters. The van der Waals surface area contributed by atoms with Gasteiger partial charge in [-0.25, -0.2) is 0 Å². The van der Waals surface area contributed by atoms with Gasteiger partial charge in [0.2, 0.25) is 0 Å². The molecule has 0 radical (unpaired) electrons. The van der Waals surface area contributed by atoms with Crippen LogP contribution in [0.25, 0.3) is 0 Å². The molecule has 1 atom stereocenters. The lowest BCUT2D eigenvalue weighted by molar-refractivity contribution is -0.167. The summed E-state index contributed by atoms with van der Waals surface area (Å²) >= 11 is 0. The van der Waals surface area contributed by atoms with Crippen LogP contribution in [0.3, 0.4) is 0 Å². The molecular formula is C60H108O6. The SMILES string of the molecule is CC/C=C\C/C=C\C/C=C\CCCCCC(=O)OCC(COC(=O)CCCCCCCCCCCCCCCCCCCCCCC)OC(=O)CCCCCCC/C=C\CCCCCCC. The van der Waals surface area contributed by atoms with Gasteiger partial charge in [-0.2, -0.15) is 0 Å². The fourth-order valence-corrected chi connectivity index (χ4v) is 8.28. The first kappa shape index (κ1) is 63.4. The topological polar surface area (TPSA) is 78.9 Å². The van der Waals surface area contributed by atoms with Crippen LogP contribution in [0.5, 0.6) is 0 Å². The average molecular weight is 926 g/mol. The maximum atomic E-state index is 12.8. The third kappa shape index (κ3) is 52.3. The van der Waals surface area contributed by atoms with E-state index in [1.54, 1.807) is 0 Å². The van der Waals surface area contributed by atoms with Crippen LogP contribution in [-0.4, -0.2) is 37.2 Å². The van der Waals surface area contributed by atoms with Gasteiger partial charge >= 0.3 is 17.9 Å². The van der Waals surface area contributed by atoms with Gasteiger partial charge in [-0.05, 0) is 77.0 Å². The standard InChI is InChI=1S/C60H108O6/c1-4-7-10-13-16-19-22-25-27-28-29-30-31-32-33-36-38-41-44-47-50-53-59(62)65-56-57(55-64-58(61)52-49-46-43-40-37-34-24-21-18-15-12-9-6-3)66-60(63)54-51-48-45-42-39-35-26-23-20-17-14-11-8-5-2/h9,12,18,21,23,26,34,37,57H,4-8,10-11,13-17,19-20,22,24-25,27-33,35-36,38-56H2,1-3H3/b12-9-,21-18-,26-23-,37-34-. The van der Waals surface area contributed by atoms with Gasteiger partial charge in [0.05, 0.1) is 0 Å². The Balaban J connectivity index is 4.31. The van der Waals surface area contributed by atoms with Gasteiger partial charge < -0.3 is 14.2 Å². The Morgan fingerprint density at radius 3 is 0.955 bits per heavy atom. The molecule has 384 valence electrons. The highest BCUT2D eigenvalue weighted by atomic mass is 16.6. The molecule has 0 fully saturated rings. The fraction of sp³-hybridized carbons (Fsp3) is 0.817. The van der Waals surface area contributed by atoms with Gasteiger partial charge in [0, 0.05) is 19.3 Å². The summed E-state index contributed by atoms with van der Waals surface area (Å²) in [5.74, 6) is -0.909. The number of esters is 3. The summed E-state index contributed by atoms with van der Waals surface area (Å²) in [5.41, 5.74) is 0. The van der Waals surface area contributed by atoms with E-state index < -0.39 is 6.10 Å². The molecule has 66 heavy (non-hydrogen) atoms. The monoisotopic (exact) mass is 925 g/mol. The molecule has 0 aliphatic rings. The smallest absolute Gasteiger partial charge is 0.306 e. The van der Waals surface area contributed by atoms with Gasteiger partial charge in [0.1, 0.15) is 13.2 Å². The van der Waals surface area contributed by atoms with Crippen molar-refractivity contribution in [3.05, 3.63) is 48.6 Å². The molecule has 0 amide bonds. The third-order valence-corrected chi connectivity index (χ3v) is 12.6. The molecule has 0 saturated carbocycles. The summed E-state index contributed by atoms with van der Waals surface area (Å²) < 4.78 is 16.8. The number of carbonyl (C=O) groups excluding carboxylic acids is 3. The predicted molar refractivity (Wildman–Crippen MR) is 284 cm³/mol. The van der Waals surface area contributed by atoms with Crippen molar-refractivity contribution in [1.82, 2.24) is 0 Å². The average Bonchev–Trinajstić information content (AvgIpc) is 3.31. The fourth-order valence-electron chi connectivity index (χ4n) is 8.28. The second kappa shape index (κ2) is 55.0. The van der Waals surface area contributed by atoms with Crippen molar-refractivity contribution < 1.29 is 28.6 Å². The Morgan fingerprint density at radius 2 is 0.591 bits per heavy atom. The maximum Gasteiger partial charge on any atom is 0.306 e. The Morgan fingerprint density at radius 1 is 0.318 bits per heavy atom. The quantitative estimate of drug-likeness (QED) is 0.0262. The van der Waals surface area contributed by atoms with Crippen molar-refractivity contribution in [2.45, 2.75) is 303 Å². The number of rotatable bonds is 52. The number of hydrogen-bond acceptors (Lipinski definition) is 6. The van der Waals surface area contributed by atoms with Gasteiger partial charge in [-0.3, -0.25) is 14.4 Å². The molecule has 0 aromatic rings. The van der Waals surface area contributed by atoms with Crippen LogP contribution in [0.15, 0.2) is 48.6 Å². The van der Waals surface area contributed by atoms with Gasteiger partial charge in [-0.15, -0.1) is 0 Å². The lowest BCUT2D eigenvalue weighted by Gasteiger charge is -2.18. The zero-order chi connectivity index (χ0) is 47.9. The lowest BCUT2D eigenvalue weighted by Crippen LogP contribution is -2.30. The highest BCUT2D eigenvalue weighted by molar-refractivity contribution is 5.71. The van der Waals surface area contributed by atoms with Crippen molar-refractivity contribution in [1.29, 1.82) is 0 Å². The molecule has 0 aromatic heterocycles. The first-order valence-corrected chi connectivity index (χ1v) is 28.6. The maximum absolute atomic E-state index is 12.8. The van der Waals surface area contributed by atoms with Gasteiger partial charge in [-0.1, -0.05) is 249 Å². The van der Waals surface area contributed by atoms with Crippen LogP contribution < -0.4 is 0 Å². The predicted octanol–water partition coefficient (Wildman–Crippen LogP) is 19.0. The highest BCUT2D eigenvalue weighted by Crippen LogP contribution is 2.17. The van der Waals surface area contributed by atoms with E-state index >= 15 is 0 Å². The minimum Gasteiger partial charge on any atom is -0.462 e. The molecule has 0 aliphatic heterocycles. The molecule has 0 spiro atoms. The molecule has 6 heteroatoms. The van der Waals surface area contributed by atoms with Crippen molar-refractivity contribution in [2.24, 2.45) is 0 Å². The van der Waals surface area contributed by atoms with E-state index in [4.69, 9.17) is 14.2 Å². The summed E-state index contributed by atoms with van der Waals surface area (Å²) in [6.07, 6.45) is 66.8. The number of ether oxygens (including phenoxy) is 3. The van der Waals surface area contributed by atoms with E-state index in [-0.39, 0.29) is 31.1 Å². The lowest BCUT2D eigenvalue weighted by atomic mass is 10.0. The largest absolute Gasteiger partial charge is 0.462 e. The normalized spacial score (nSPS) is 12.3. The van der Waals surface area contributed by atoms with Crippen molar-refractivity contribution in [3.63, 3.8) is 0 Å². The summed E-state index contributed by atoms with van der Waals surface area (Å²) in [6, 6.07) is 0. The van der Waals surface area contributed by atoms with E-state index in [0.29, 0.717) is 19.3 Å². The summed E-state index contributed by atoms with van der Waals surface area (Å²) in [5, 5.41) is 0. The molecule has 0 aromatic carbocycles. The number of hydrogen-bond donors (Lipinski definition) is 0. The van der Waals surface area contributed by atoms with Crippen LogP contribution >= 0.6 is 0 Å². The number of allylic oxidation sites excluding steroid dienone is 8. The van der Waals surface area contributed by atoms with E-state index in [0.717, 1.165) is 96.3 Å². The van der Waals surface area contributed by atoms with Crippen LogP contribution in [0, 0.1) is 0 Å². The van der Waals surface area contributed by atoms with Crippen LogP contribution in [0.4, 0.5) is 0 Å². The molecule has 0 bridgehead atoms. The summed E-state index contributed by atoms with van der Waals surface area (Å²) in [6.45, 7) is 6.52. The van der Waals surface area contributed by atoms with Crippen LogP contribution in [-0.2, 0) is 28.6 Å². The van der Waals surface area contributed by atoms with E-state index in [9.17, 15) is 14.4 Å². The first-order valence-electron chi connectivity index (χ1n) is 28.6. The molecule has 0 heterocycles. The van der Waals surface area contributed by atoms with Gasteiger partial charge in [0.15, 0.2) is 6.10 Å². The zero-order valence-corrected chi connectivity index (χ0v) is 44.0. The highest BCUT2D eigenvalue weighted by Gasteiger charge is 2.19.